The average Bonchev–Trinajstić information content (AvgIpc) is 2.77. The first kappa shape index (κ1) is 20.8. The van der Waals surface area contributed by atoms with E-state index in [9.17, 15) is 14.4 Å². The van der Waals surface area contributed by atoms with Gasteiger partial charge in [0.1, 0.15) is 0 Å². The van der Waals surface area contributed by atoms with Crippen LogP contribution in [0.3, 0.4) is 0 Å². The Balaban J connectivity index is 1.28. The monoisotopic (exact) mass is 443 g/mol. The van der Waals surface area contributed by atoms with Crippen molar-refractivity contribution in [1.82, 2.24) is 10.2 Å². The summed E-state index contributed by atoms with van der Waals surface area (Å²) in [5, 5.41) is 5.65. The minimum absolute atomic E-state index is 0.00393. The first-order valence-corrected chi connectivity index (χ1v) is 11.1. The standard InChI is InChI=1S/C22H22ClN3O3S/c23-16-7-5-14(6-8-16)13-24-20(27)15-9-11-26(12-10-15)22(29)19-21(28)25-17-3-1-2-4-18(17)30-19/h1-8,15,19H,9-13H2,(H,24,27)(H,25,28)/t19-/m0/s1. The summed E-state index contributed by atoms with van der Waals surface area (Å²) in [5.41, 5.74) is 1.73. The molecule has 2 aliphatic rings. The summed E-state index contributed by atoms with van der Waals surface area (Å²) in [7, 11) is 0. The zero-order valence-corrected chi connectivity index (χ0v) is 17.8. The van der Waals surface area contributed by atoms with Crippen LogP contribution in [0.15, 0.2) is 53.4 Å². The van der Waals surface area contributed by atoms with E-state index in [4.69, 9.17) is 11.6 Å². The molecule has 2 heterocycles. The molecule has 4 rings (SSSR count). The third-order valence-corrected chi connectivity index (χ3v) is 6.92. The Hall–Kier alpha value is -2.51. The number of halogens is 1. The molecule has 2 aliphatic heterocycles. The Morgan fingerprint density at radius 2 is 1.80 bits per heavy atom. The number of rotatable bonds is 4. The van der Waals surface area contributed by atoms with Gasteiger partial charge in [0, 0.05) is 35.5 Å². The zero-order valence-electron chi connectivity index (χ0n) is 16.3. The summed E-state index contributed by atoms with van der Waals surface area (Å²) in [5.74, 6) is -0.607. The van der Waals surface area contributed by atoms with Crippen molar-refractivity contribution in [2.24, 2.45) is 5.92 Å². The van der Waals surface area contributed by atoms with Gasteiger partial charge in [-0.2, -0.15) is 0 Å². The number of nitrogens with zero attached hydrogens (tertiary/aromatic N) is 1. The number of likely N-dealkylation sites (tertiary alicyclic amines) is 1. The van der Waals surface area contributed by atoms with Crippen LogP contribution in [0.1, 0.15) is 18.4 Å². The maximum atomic E-state index is 12.9. The second-order valence-corrected chi connectivity index (χ2v) is 9.01. The fraction of sp³-hybridized carbons (Fsp3) is 0.318. The maximum absolute atomic E-state index is 12.9. The Labute approximate surface area is 184 Å². The van der Waals surface area contributed by atoms with E-state index in [1.54, 1.807) is 17.0 Å². The molecule has 0 bridgehead atoms. The normalized spacial score (nSPS) is 19.0. The molecule has 0 unspecified atom stereocenters. The second kappa shape index (κ2) is 9.10. The number of para-hydroxylation sites is 1. The van der Waals surface area contributed by atoms with Gasteiger partial charge in [-0.1, -0.05) is 35.9 Å². The van der Waals surface area contributed by atoms with Crippen molar-refractivity contribution < 1.29 is 14.4 Å². The second-order valence-electron chi connectivity index (χ2n) is 7.43. The van der Waals surface area contributed by atoms with E-state index < -0.39 is 5.25 Å². The molecule has 0 aromatic heterocycles. The largest absolute Gasteiger partial charge is 0.352 e. The van der Waals surface area contributed by atoms with Gasteiger partial charge in [-0.05, 0) is 42.7 Å². The number of thioether (sulfide) groups is 1. The minimum atomic E-state index is -0.782. The Bertz CT molecular complexity index is 958. The average molecular weight is 444 g/mol. The van der Waals surface area contributed by atoms with Crippen molar-refractivity contribution in [3.63, 3.8) is 0 Å². The van der Waals surface area contributed by atoms with Crippen molar-refractivity contribution >= 4 is 46.8 Å². The highest BCUT2D eigenvalue weighted by atomic mass is 35.5. The van der Waals surface area contributed by atoms with Crippen molar-refractivity contribution in [1.29, 1.82) is 0 Å². The summed E-state index contributed by atoms with van der Waals surface area (Å²) in [4.78, 5) is 40.4. The predicted octanol–water partition coefficient (Wildman–Crippen LogP) is 3.31. The molecule has 1 atom stereocenters. The maximum Gasteiger partial charge on any atom is 0.247 e. The van der Waals surface area contributed by atoms with E-state index in [0.717, 1.165) is 16.1 Å². The SMILES string of the molecule is O=C(NCc1ccc(Cl)cc1)C1CCN(C(=O)[C@H]2Sc3ccccc3NC2=O)CC1. The lowest BCUT2D eigenvalue weighted by Gasteiger charge is -2.34. The number of amides is 3. The lowest BCUT2D eigenvalue weighted by atomic mass is 9.95. The lowest BCUT2D eigenvalue weighted by Crippen LogP contribution is -2.49. The smallest absolute Gasteiger partial charge is 0.247 e. The van der Waals surface area contributed by atoms with Crippen LogP contribution < -0.4 is 10.6 Å². The molecule has 156 valence electrons. The fourth-order valence-corrected chi connectivity index (χ4v) is 4.88. The number of carbonyl (C=O) groups excluding carboxylic acids is 3. The van der Waals surface area contributed by atoms with Crippen LogP contribution in [-0.2, 0) is 20.9 Å². The molecular weight excluding hydrogens is 422 g/mol. The Morgan fingerprint density at radius 3 is 2.53 bits per heavy atom. The highest BCUT2D eigenvalue weighted by Crippen LogP contribution is 2.36. The molecule has 0 radical (unpaired) electrons. The number of piperidine rings is 1. The highest BCUT2D eigenvalue weighted by molar-refractivity contribution is 8.01. The molecule has 8 heteroatoms. The molecule has 0 spiro atoms. The van der Waals surface area contributed by atoms with Crippen molar-refractivity contribution in [2.45, 2.75) is 29.5 Å². The van der Waals surface area contributed by atoms with Crippen molar-refractivity contribution in [2.75, 3.05) is 18.4 Å². The molecular formula is C22H22ClN3O3S. The van der Waals surface area contributed by atoms with E-state index >= 15 is 0 Å². The van der Waals surface area contributed by atoms with E-state index in [-0.39, 0.29) is 23.6 Å². The van der Waals surface area contributed by atoms with Crippen LogP contribution in [0.2, 0.25) is 5.02 Å². The number of hydrogen-bond acceptors (Lipinski definition) is 4. The van der Waals surface area contributed by atoms with Gasteiger partial charge in [0.25, 0.3) is 0 Å². The number of hydrogen-bond donors (Lipinski definition) is 2. The third-order valence-electron chi connectivity index (χ3n) is 5.41. The van der Waals surface area contributed by atoms with Gasteiger partial charge >= 0.3 is 0 Å². The molecule has 1 fully saturated rings. The first-order chi connectivity index (χ1) is 14.5. The predicted molar refractivity (Wildman–Crippen MR) is 117 cm³/mol. The Morgan fingerprint density at radius 1 is 1.10 bits per heavy atom. The number of fused-ring (bicyclic) bond motifs is 1. The summed E-state index contributed by atoms with van der Waals surface area (Å²) in [6.07, 6.45) is 1.18. The Kier molecular flexibility index (Phi) is 6.29. The lowest BCUT2D eigenvalue weighted by molar-refractivity contribution is -0.137. The third kappa shape index (κ3) is 4.63. The summed E-state index contributed by atoms with van der Waals surface area (Å²) < 4.78 is 0. The van der Waals surface area contributed by atoms with Crippen molar-refractivity contribution in [3.8, 4) is 0 Å². The van der Waals surface area contributed by atoms with Crippen LogP contribution in [0.25, 0.3) is 0 Å². The zero-order chi connectivity index (χ0) is 21.1. The van der Waals surface area contributed by atoms with Gasteiger partial charge in [0.15, 0.2) is 5.25 Å². The van der Waals surface area contributed by atoms with Gasteiger partial charge in [-0.25, -0.2) is 0 Å². The first-order valence-electron chi connectivity index (χ1n) is 9.89. The van der Waals surface area contributed by atoms with Gasteiger partial charge < -0.3 is 15.5 Å². The molecule has 6 nitrogen and oxygen atoms in total. The number of carbonyl (C=O) groups is 3. The molecule has 2 aromatic carbocycles. The van der Waals surface area contributed by atoms with Gasteiger partial charge in [0.2, 0.25) is 17.7 Å². The summed E-state index contributed by atoms with van der Waals surface area (Å²) in [6, 6.07) is 14.8. The number of benzene rings is 2. The highest BCUT2D eigenvalue weighted by Gasteiger charge is 2.37. The molecule has 0 saturated carbocycles. The van der Waals surface area contributed by atoms with Crippen LogP contribution >= 0.6 is 23.4 Å². The van der Waals surface area contributed by atoms with E-state index in [1.165, 1.54) is 11.8 Å². The van der Waals surface area contributed by atoms with Gasteiger partial charge in [-0.3, -0.25) is 14.4 Å². The number of anilines is 1. The summed E-state index contributed by atoms with van der Waals surface area (Å²) in [6.45, 7) is 1.40. The van der Waals surface area contributed by atoms with Gasteiger partial charge in [0.05, 0.1) is 5.69 Å². The molecule has 3 amide bonds. The van der Waals surface area contributed by atoms with E-state index in [0.29, 0.717) is 37.5 Å². The van der Waals surface area contributed by atoms with Gasteiger partial charge in [-0.15, -0.1) is 11.8 Å². The van der Waals surface area contributed by atoms with Crippen LogP contribution in [-0.4, -0.2) is 41.0 Å². The van der Waals surface area contributed by atoms with Crippen LogP contribution in [0.5, 0.6) is 0 Å². The van der Waals surface area contributed by atoms with Crippen molar-refractivity contribution in [3.05, 3.63) is 59.1 Å². The van der Waals surface area contributed by atoms with E-state index in [1.807, 2.05) is 36.4 Å². The quantitative estimate of drug-likeness (QED) is 0.710. The van der Waals surface area contributed by atoms with Crippen LogP contribution in [0.4, 0.5) is 5.69 Å². The molecule has 1 saturated heterocycles. The number of nitrogens with one attached hydrogen (secondary N) is 2. The van der Waals surface area contributed by atoms with E-state index in [2.05, 4.69) is 10.6 Å². The molecule has 2 aromatic rings. The van der Waals surface area contributed by atoms with Crippen LogP contribution in [0, 0.1) is 5.92 Å². The topological polar surface area (TPSA) is 78.5 Å². The summed E-state index contributed by atoms with van der Waals surface area (Å²) >= 11 is 7.17. The molecule has 2 N–H and O–H groups in total. The minimum Gasteiger partial charge on any atom is -0.352 e. The fourth-order valence-electron chi connectivity index (χ4n) is 3.68. The molecule has 0 aliphatic carbocycles. The molecule has 30 heavy (non-hydrogen) atoms.